The van der Waals surface area contributed by atoms with Crippen LogP contribution >= 0.6 is 11.8 Å². The first-order chi connectivity index (χ1) is 8.91. The molecular weight excluding hydrogens is 277 g/mol. The maximum absolute atomic E-state index is 12.7. The Labute approximate surface area is 111 Å². The lowest BCUT2D eigenvalue weighted by Gasteiger charge is -2.12. The van der Waals surface area contributed by atoms with Gasteiger partial charge in [-0.15, -0.1) is 10.2 Å². The first-order valence-electron chi connectivity index (χ1n) is 5.34. The number of halogens is 3. The maximum Gasteiger partial charge on any atom is 0.416 e. The molecule has 1 aromatic carbocycles. The molecule has 8 heteroatoms. The fraction of sp³-hybridized carbons (Fsp3) is 0.273. The van der Waals surface area contributed by atoms with E-state index < -0.39 is 11.7 Å². The highest BCUT2D eigenvalue weighted by atomic mass is 32.2. The fourth-order valence-electron chi connectivity index (χ4n) is 1.55. The molecule has 2 N–H and O–H groups in total. The zero-order valence-corrected chi connectivity index (χ0v) is 10.8. The summed E-state index contributed by atoms with van der Waals surface area (Å²) in [6, 6.07) is 3.88. The summed E-state index contributed by atoms with van der Waals surface area (Å²) in [5.74, 6) is 0. The van der Waals surface area contributed by atoms with Gasteiger partial charge in [0.15, 0.2) is 5.16 Å². The van der Waals surface area contributed by atoms with E-state index in [-0.39, 0.29) is 12.1 Å². The summed E-state index contributed by atoms with van der Waals surface area (Å²) < 4.78 is 39.8. The van der Waals surface area contributed by atoms with Gasteiger partial charge in [0.2, 0.25) is 0 Å². The third-order valence-corrected chi connectivity index (χ3v) is 3.52. The van der Waals surface area contributed by atoms with Crippen molar-refractivity contribution >= 4 is 11.8 Å². The Balaban J connectivity index is 2.32. The highest BCUT2D eigenvalue weighted by Gasteiger charge is 2.32. The summed E-state index contributed by atoms with van der Waals surface area (Å²) in [4.78, 5) is 0.643. The van der Waals surface area contributed by atoms with E-state index in [2.05, 4.69) is 10.2 Å². The number of alkyl halides is 3. The minimum atomic E-state index is -4.39. The number of nitrogens with two attached hydrogens (primary N) is 1. The van der Waals surface area contributed by atoms with E-state index in [1.54, 1.807) is 11.6 Å². The standard InChI is InChI=1S/C11H11F3N4S/c1-18-6-16-17-10(18)19-8-2-3-9(11(12,13)14)7(4-8)5-15/h2-4,6H,5,15H2,1H3. The van der Waals surface area contributed by atoms with Crippen LogP contribution in [0.2, 0.25) is 0 Å². The molecular formula is C11H11F3N4S. The van der Waals surface area contributed by atoms with Gasteiger partial charge in [0.1, 0.15) is 6.33 Å². The van der Waals surface area contributed by atoms with E-state index in [0.717, 1.165) is 6.07 Å². The summed E-state index contributed by atoms with van der Waals surface area (Å²) in [6.07, 6.45) is -2.86. The van der Waals surface area contributed by atoms with Gasteiger partial charge in [0.25, 0.3) is 0 Å². The second kappa shape index (κ2) is 5.22. The molecule has 102 valence electrons. The molecule has 0 amide bonds. The third kappa shape index (κ3) is 3.07. The van der Waals surface area contributed by atoms with Crippen molar-refractivity contribution in [2.75, 3.05) is 0 Å². The lowest BCUT2D eigenvalue weighted by molar-refractivity contribution is -0.138. The molecule has 2 rings (SSSR count). The minimum Gasteiger partial charge on any atom is -0.326 e. The average molecular weight is 288 g/mol. The molecule has 0 aliphatic carbocycles. The Bertz CT molecular complexity index is 580. The average Bonchev–Trinajstić information content (AvgIpc) is 2.73. The van der Waals surface area contributed by atoms with Crippen LogP contribution in [0.4, 0.5) is 13.2 Å². The van der Waals surface area contributed by atoms with Crippen molar-refractivity contribution in [1.82, 2.24) is 14.8 Å². The molecule has 4 nitrogen and oxygen atoms in total. The Hall–Kier alpha value is -1.54. The summed E-state index contributed by atoms with van der Waals surface area (Å²) in [7, 11) is 1.76. The Morgan fingerprint density at radius 2 is 2.11 bits per heavy atom. The van der Waals surface area contributed by atoms with E-state index in [9.17, 15) is 13.2 Å². The molecule has 1 aromatic heterocycles. The van der Waals surface area contributed by atoms with Crippen LogP contribution < -0.4 is 5.73 Å². The van der Waals surface area contributed by atoms with E-state index in [4.69, 9.17) is 5.73 Å². The molecule has 0 spiro atoms. The molecule has 19 heavy (non-hydrogen) atoms. The van der Waals surface area contributed by atoms with Crippen LogP contribution in [0.25, 0.3) is 0 Å². The molecule has 0 radical (unpaired) electrons. The van der Waals surface area contributed by atoms with Gasteiger partial charge in [-0.25, -0.2) is 0 Å². The first kappa shape index (κ1) is 13.9. The number of hydrogen-bond donors (Lipinski definition) is 1. The van der Waals surface area contributed by atoms with Crippen molar-refractivity contribution in [2.45, 2.75) is 22.8 Å². The van der Waals surface area contributed by atoms with Gasteiger partial charge >= 0.3 is 6.18 Å². The monoisotopic (exact) mass is 288 g/mol. The first-order valence-corrected chi connectivity index (χ1v) is 6.15. The van der Waals surface area contributed by atoms with Crippen molar-refractivity contribution in [3.8, 4) is 0 Å². The van der Waals surface area contributed by atoms with E-state index in [0.29, 0.717) is 10.1 Å². The summed E-state index contributed by atoms with van der Waals surface area (Å²) >= 11 is 1.24. The zero-order chi connectivity index (χ0) is 14.0. The Morgan fingerprint density at radius 3 is 2.63 bits per heavy atom. The smallest absolute Gasteiger partial charge is 0.326 e. The number of aromatic nitrogens is 3. The highest BCUT2D eigenvalue weighted by Crippen LogP contribution is 2.35. The highest BCUT2D eigenvalue weighted by molar-refractivity contribution is 7.99. The molecule has 0 aliphatic heterocycles. The second-order valence-electron chi connectivity index (χ2n) is 3.85. The lowest BCUT2D eigenvalue weighted by atomic mass is 10.1. The van der Waals surface area contributed by atoms with Crippen LogP contribution in [-0.2, 0) is 19.8 Å². The van der Waals surface area contributed by atoms with Gasteiger partial charge in [-0.2, -0.15) is 13.2 Å². The second-order valence-corrected chi connectivity index (χ2v) is 4.89. The summed E-state index contributed by atoms with van der Waals surface area (Å²) in [5.41, 5.74) is 4.75. The zero-order valence-electron chi connectivity index (χ0n) is 9.98. The maximum atomic E-state index is 12.7. The van der Waals surface area contributed by atoms with E-state index in [1.807, 2.05) is 0 Å². The molecule has 0 fully saturated rings. The van der Waals surface area contributed by atoms with Crippen molar-refractivity contribution in [2.24, 2.45) is 12.8 Å². The summed E-state index contributed by atoms with van der Waals surface area (Å²) in [5, 5.41) is 8.16. The number of benzene rings is 1. The fourth-order valence-corrected chi connectivity index (χ4v) is 2.38. The van der Waals surface area contributed by atoms with Gasteiger partial charge in [0.05, 0.1) is 5.56 Å². The van der Waals surface area contributed by atoms with Crippen molar-refractivity contribution < 1.29 is 13.2 Å². The van der Waals surface area contributed by atoms with Crippen molar-refractivity contribution in [3.63, 3.8) is 0 Å². The quantitative estimate of drug-likeness (QED) is 0.942. The number of nitrogens with zero attached hydrogens (tertiary/aromatic N) is 3. The van der Waals surface area contributed by atoms with E-state index >= 15 is 0 Å². The predicted octanol–water partition coefficient (Wildman–Crippen LogP) is 2.44. The van der Waals surface area contributed by atoms with Gasteiger partial charge in [-0.1, -0.05) is 0 Å². The van der Waals surface area contributed by atoms with Crippen molar-refractivity contribution in [3.05, 3.63) is 35.7 Å². The molecule has 0 saturated carbocycles. The van der Waals surface area contributed by atoms with Crippen LogP contribution in [0.1, 0.15) is 11.1 Å². The van der Waals surface area contributed by atoms with Crippen LogP contribution in [0.5, 0.6) is 0 Å². The van der Waals surface area contributed by atoms with Gasteiger partial charge < -0.3 is 10.3 Å². The molecule has 0 saturated heterocycles. The van der Waals surface area contributed by atoms with Gasteiger partial charge in [-0.3, -0.25) is 0 Å². The Kier molecular flexibility index (Phi) is 3.81. The van der Waals surface area contributed by atoms with Crippen LogP contribution in [-0.4, -0.2) is 14.8 Å². The Morgan fingerprint density at radius 1 is 1.37 bits per heavy atom. The molecule has 2 aromatic rings. The van der Waals surface area contributed by atoms with Crippen LogP contribution in [0.15, 0.2) is 34.6 Å². The normalized spacial score (nSPS) is 11.8. The summed E-state index contributed by atoms with van der Waals surface area (Å²) in [6.45, 7) is -0.165. The van der Waals surface area contributed by atoms with Crippen LogP contribution in [0.3, 0.4) is 0 Å². The molecule has 1 heterocycles. The largest absolute Gasteiger partial charge is 0.416 e. The SMILES string of the molecule is Cn1cnnc1Sc1ccc(C(F)(F)F)c(CN)c1. The number of aryl methyl sites for hydroxylation is 1. The third-order valence-electron chi connectivity index (χ3n) is 2.48. The predicted molar refractivity (Wildman–Crippen MR) is 64.5 cm³/mol. The number of rotatable bonds is 3. The molecule has 0 aliphatic rings. The van der Waals surface area contributed by atoms with Crippen molar-refractivity contribution in [1.29, 1.82) is 0 Å². The lowest BCUT2D eigenvalue weighted by Crippen LogP contribution is -2.11. The molecule has 0 bridgehead atoms. The van der Waals surface area contributed by atoms with Crippen LogP contribution in [0, 0.1) is 0 Å². The van der Waals surface area contributed by atoms with Gasteiger partial charge in [0, 0.05) is 18.5 Å². The van der Waals surface area contributed by atoms with E-state index in [1.165, 1.54) is 30.2 Å². The topological polar surface area (TPSA) is 56.7 Å². The minimum absolute atomic E-state index is 0.0691. The molecule has 0 unspecified atom stereocenters. The number of hydrogen-bond acceptors (Lipinski definition) is 4. The van der Waals surface area contributed by atoms with Gasteiger partial charge in [-0.05, 0) is 35.5 Å². The molecule has 0 atom stereocenters.